The molecule has 2 aromatic carbocycles. The van der Waals surface area contributed by atoms with Crippen molar-refractivity contribution in [2.45, 2.75) is 26.8 Å². The van der Waals surface area contributed by atoms with Crippen LogP contribution < -0.4 is 15.4 Å². The summed E-state index contributed by atoms with van der Waals surface area (Å²) in [5.74, 6) is 1.12. The van der Waals surface area contributed by atoms with Crippen LogP contribution in [-0.2, 0) is 13.0 Å². The van der Waals surface area contributed by atoms with Crippen LogP contribution in [0.3, 0.4) is 0 Å². The summed E-state index contributed by atoms with van der Waals surface area (Å²) in [6, 6.07) is 12.5. The second kappa shape index (κ2) is 12.2. The highest BCUT2D eigenvalue weighted by Gasteiger charge is 2.05. The molecule has 0 aliphatic heterocycles. The lowest BCUT2D eigenvalue weighted by molar-refractivity contribution is 0.411. The average Bonchev–Trinajstić information content (AvgIpc) is 2.68. The molecule has 2 N–H and O–H groups in total. The summed E-state index contributed by atoms with van der Waals surface area (Å²) in [6.45, 7) is 5.52. The number of guanidine groups is 1. The second-order valence-corrected chi connectivity index (χ2v) is 6.09. The minimum Gasteiger partial charge on any atom is -0.496 e. The van der Waals surface area contributed by atoms with Crippen molar-refractivity contribution < 1.29 is 9.13 Å². The van der Waals surface area contributed by atoms with Crippen LogP contribution in [-0.4, -0.2) is 26.2 Å². The predicted molar refractivity (Wildman–Crippen MR) is 121 cm³/mol. The van der Waals surface area contributed by atoms with Crippen molar-refractivity contribution in [2.24, 2.45) is 4.99 Å². The van der Waals surface area contributed by atoms with Gasteiger partial charge in [0.1, 0.15) is 11.6 Å². The van der Waals surface area contributed by atoms with Gasteiger partial charge in [-0.1, -0.05) is 12.1 Å². The molecule has 0 heterocycles. The Hall–Kier alpha value is -2.34. The minimum absolute atomic E-state index is 0. The largest absolute Gasteiger partial charge is 0.496 e. The topological polar surface area (TPSA) is 69.4 Å². The van der Waals surface area contributed by atoms with Crippen molar-refractivity contribution >= 4 is 29.9 Å². The normalized spacial score (nSPS) is 10.6. The number of halogens is 2. The Kier molecular flexibility index (Phi) is 10.3. The van der Waals surface area contributed by atoms with Crippen LogP contribution >= 0.6 is 24.0 Å². The van der Waals surface area contributed by atoms with E-state index in [1.165, 1.54) is 18.2 Å². The first-order valence-electron chi connectivity index (χ1n) is 8.91. The van der Waals surface area contributed by atoms with Crippen molar-refractivity contribution in [3.05, 3.63) is 64.5 Å². The summed E-state index contributed by atoms with van der Waals surface area (Å²) < 4.78 is 19.2. The van der Waals surface area contributed by atoms with Gasteiger partial charge < -0.3 is 15.4 Å². The van der Waals surface area contributed by atoms with Gasteiger partial charge in [0.05, 0.1) is 25.3 Å². The summed E-state index contributed by atoms with van der Waals surface area (Å²) in [5, 5.41) is 15.3. The highest BCUT2D eigenvalue weighted by molar-refractivity contribution is 14.0. The summed E-state index contributed by atoms with van der Waals surface area (Å²) in [7, 11) is 1.67. The Labute approximate surface area is 183 Å². The molecule has 0 aliphatic rings. The first-order chi connectivity index (χ1) is 13.1. The van der Waals surface area contributed by atoms with Crippen molar-refractivity contribution in [1.29, 1.82) is 5.26 Å². The molecule has 0 saturated carbocycles. The van der Waals surface area contributed by atoms with Crippen molar-refractivity contribution in [3.63, 3.8) is 0 Å². The van der Waals surface area contributed by atoms with Gasteiger partial charge in [0.2, 0.25) is 0 Å². The number of rotatable bonds is 7. The molecule has 0 spiro atoms. The number of ether oxygens (including phenoxy) is 1. The lowest BCUT2D eigenvalue weighted by Gasteiger charge is -2.12. The smallest absolute Gasteiger partial charge is 0.191 e. The van der Waals surface area contributed by atoms with E-state index in [9.17, 15) is 4.39 Å². The molecular formula is C21H26FIN4O. The van der Waals surface area contributed by atoms with Gasteiger partial charge in [-0.05, 0) is 55.7 Å². The maximum absolute atomic E-state index is 13.9. The molecular weight excluding hydrogens is 470 g/mol. The number of hydrogen-bond donors (Lipinski definition) is 2. The molecule has 0 radical (unpaired) electrons. The van der Waals surface area contributed by atoms with E-state index in [1.54, 1.807) is 7.11 Å². The summed E-state index contributed by atoms with van der Waals surface area (Å²) in [4.78, 5) is 4.42. The first kappa shape index (κ1) is 23.7. The van der Waals surface area contributed by atoms with Crippen LogP contribution in [0.5, 0.6) is 5.75 Å². The van der Waals surface area contributed by atoms with E-state index in [4.69, 9.17) is 10.00 Å². The molecule has 0 unspecified atom stereocenters. The van der Waals surface area contributed by atoms with Crippen LogP contribution in [0.4, 0.5) is 4.39 Å². The Morgan fingerprint density at radius 2 is 2.00 bits per heavy atom. The number of nitrogens with one attached hydrogen (secondary N) is 2. The monoisotopic (exact) mass is 496 g/mol. The van der Waals surface area contributed by atoms with Crippen molar-refractivity contribution in [3.8, 4) is 11.8 Å². The molecule has 5 nitrogen and oxygen atoms in total. The summed E-state index contributed by atoms with van der Waals surface area (Å²) in [5.41, 5.74) is 3.08. The van der Waals surface area contributed by atoms with Gasteiger partial charge in [0.25, 0.3) is 0 Å². The number of methoxy groups -OCH3 is 1. The number of aliphatic imine (C=N–C) groups is 1. The molecule has 0 atom stereocenters. The Morgan fingerprint density at radius 1 is 1.21 bits per heavy atom. The average molecular weight is 496 g/mol. The second-order valence-electron chi connectivity index (χ2n) is 6.09. The lowest BCUT2D eigenvalue weighted by atomic mass is 10.1. The standard InChI is InChI=1S/C21H25FN4O.HI/c1-4-24-21(26-14-18-11-17(13-23)7-8-19(18)22)25-10-9-16-6-5-15(2)20(12-16)27-3;/h5-8,11-12H,4,9-10,14H2,1-3H3,(H2,24,25,26);1H. The first-order valence-corrected chi connectivity index (χ1v) is 8.91. The molecule has 2 rings (SSSR count). The van der Waals surface area contributed by atoms with Crippen molar-refractivity contribution in [2.75, 3.05) is 20.2 Å². The molecule has 0 amide bonds. The fraction of sp³-hybridized carbons (Fsp3) is 0.333. The third kappa shape index (κ3) is 7.00. The van der Waals surface area contributed by atoms with E-state index in [0.29, 0.717) is 30.2 Å². The predicted octanol–water partition coefficient (Wildman–Crippen LogP) is 3.93. The number of aryl methyl sites for hydroxylation is 1. The third-order valence-electron chi connectivity index (χ3n) is 4.11. The van der Waals surface area contributed by atoms with Gasteiger partial charge in [-0.25, -0.2) is 9.38 Å². The van der Waals surface area contributed by atoms with Crippen LogP contribution in [0.15, 0.2) is 41.4 Å². The van der Waals surface area contributed by atoms with Gasteiger partial charge in [-0.3, -0.25) is 0 Å². The van der Waals surface area contributed by atoms with E-state index in [-0.39, 0.29) is 36.3 Å². The van der Waals surface area contributed by atoms with Crippen LogP contribution in [0.2, 0.25) is 0 Å². The number of benzene rings is 2. The molecule has 150 valence electrons. The quantitative estimate of drug-likeness (QED) is 0.347. The van der Waals surface area contributed by atoms with Crippen molar-refractivity contribution in [1.82, 2.24) is 10.6 Å². The van der Waals surface area contributed by atoms with Gasteiger partial charge in [0, 0.05) is 18.7 Å². The molecule has 28 heavy (non-hydrogen) atoms. The van der Waals surface area contributed by atoms with Gasteiger partial charge in [-0.15, -0.1) is 24.0 Å². The molecule has 0 aliphatic carbocycles. The zero-order valence-corrected chi connectivity index (χ0v) is 18.7. The zero-order valence-electron chi connectivity index (χ0n) is 16.4. The van der Waals surface area contributed by atoms with E-state index >= 15 is 0 Å². The highest BCUT2D eigenvalue weighted by atomic mass is 127. The fourth-order valence-electron chi connectivity index (χ4n) is 2.62. The lowest BCUT2D eigenvalue weighted by Crippen LogP contribution is -2.38. The molecule has 0 bridgehead atoms. The summed E-state index contributed by atoms with van der Waals surface area (Å²) in [6.07, 6.45) is 0.805. The SMILES string of the molecule is CCNC(=NCc1cc(C#N)ccc1F)NCCc1ccc(C)c(OC)c1.I. The molecule has 7 heteroatoms. The van der Waals surface area contributed by atoms with E-state index in [2.05, 4.69) is 21.7 Å². The molecule has 0 fully saturated rings. The van der Waals surface area contributed by atoms with E-state index < -0.39 is 0 Å². The number of nitriles is 1. The van der Waals surface area contributed by atoms with E-state index in [1.807, 2.05) is 32.0 Å². The fourth-order valence-corrected chi connectivity index (χ4v) is 2.62. The Balaban J connectivity index is 0.00000392. The van der Waals surface area contributed by atoms with Crippen LogP contribution in [0, 0.1) is 24.1 Å². The van der Waals surface area contributed by atoms with E-state index in [0.717, 1.165) is 23.3 Å². The van der Waals surface area contributed by atoms with Crippen LogP contribution in [0.1, 0.15) is 29.2 Å². The molecule has 0 saturated heterocycles. The van der Waals surface area contributed by atoms with Gasteiger partial charge in [0.15, 0.2) is 5.96 Å². The van der Waals surface area contributed by atoms with Gasteiger partial charge in [-0.2, -0.15) is 5.26 Å². The maximum atomic E-state index is 13.9. The molecule has 2 aromatic rings. The Bertz CT molecular complexity index is 849. The number of hydrogen-bond acceptors (Lipinski definition) is 3. The minimum atomic E-state index is -0.361. The Morgan fingerprint density at radius 3 is 2.68 bits per heavy atom. The van der Waals surface area contributed by atoms with Gasteiger partial charge >= 0.3 is 0 Å². The maximum Gasteiger partial charge on any atom is 0.191 e. The zero-order chi connectivity index (χ0) is 19.6. The summed E-state index contributed by atoms with van der Waals surface area (Å²) >= 11 is 0. The number of nitrogens with zero attached hydrogens (tertiary/aromatic N) is 2. The van der Waals surface area contributed by atoms with Crippen LogP contribution in [0.25, 0.3) is 0 Å². The highest BCUT2D eigenvalue weighted by Crippen LogP contribution is 2.19. The molecule has 0 aromatic heterocycles. The third-order valence-corrected chi connectivity index (χ3v) is 4.11.